The van der Waals surface area contributed by atoms with Crippen molar-refractivity contribution in [1.82, 2.24) is 9.62 Å². The Bertz CT molecular complexity index is 1160. The van der Waals surface area contributed by atoms with Crippen LogP contribution in [-0.4, -0.2) is 56.8 Å². The molecule has 1 atom stereocenters. The normalized spacial score (nSPS) is 18.0. The van der Waals surface area contributed by atoms with Gasteiger partial charge in [-0.1, -0.05) is 44.2 Å². The zero-order valence-electron chi connectivity index (χ0n) is 20.3. The molecule has 2 aliphatic rings. The van der Waals surface area contributed by atoms with E-state index in [1.807, 2.05) is 37.3 Å². The molecule has 2 amide bonds. The Labute approximate surface area is 207 Å². The number of carbonyl (C=O) groups is 2. The number of anilines is 1. The van der Waals surface area contributed by atoms with E-state index in [1.165, 1.54) is 21.3 Å². The summed E-state index contributed by atoms with van der Waals surface area (Å²) in [6.45, 7) is 4.67. The van der Waals surface area contributed by atoms with E-state index < -0.39 is 10.0 Å². The van der Waals surface area contributed by atoms with Crippen LogP contribution in [0.4, 0.5) is 5.69 Å². The number of ether oxygens (including phenoxy) is 1. The second-order valence-corrected chi connectivity index (χ2v) is 11.3. The molecule has 0 bridgehead atoms. The van der Waals surface area contributed by atoms with Crippen molar-refractivity contribution in [2.45, 2.75) is 50.5 Å². The SMILES string of the molecule is CC[C@H](Cc1ccccc1)NC(=O)CN1C(=O)COc2ccc(S(=O)(=O)N3CCC(C)CC3)cc21. The fourth-order valence-electron chi connectivity index (χ4n) is 4.50. The van der Waals surface area contributed by atoms with Crippen molar-refractivity contribution in [3.8, 4) is 5.75 Å². The highest BCUT2D eigenvalue weighted by Gasteiger charge is 2.32. The van der Waals surface area contributed by atoms with Gasteiger partial charge in [-0.3, -0.25) is 14.5 Å². The Kier molecular flexibility index (Phi) is 7.76. The predicted octanol–water partition coefficient (Wildman–Crippen LogP) is 2.97. The van der Waals surface area contributed by atoms with E-state index in [4.69, 9.17) is 4.74 Å². The molecule has 35 heavy (non-hydrogen) atoms. The van der Waals surface area contributed by atoms with Crippen molar-refractivity contribution >= 4 is 27.5 Å². The maximum Gasteiger partial charge on any atom is 0.265 e. The minimum absolute atomic E-state index is 0.0753. The maximum atomic E-state index is 13.3. The van der Waals surface area contributed by atoms with Crippen molar-refractivity contribution in [3.05, 3.63) is 54.1 Å². The molecule has 0 radical (unpaired) electrons. The molecule has 1 saturated heterocycles. The van der Waals surface area contributed by atoms with Crippen LogP contribution in [-0.2, 0) is 26.0 Å². The molecule has 4 rings (SSSR count). The van der Waals surface area contributed by atoms with Gasteiger partial charge >= 0.3 is 0 Å². The van der Waals surface area contributed by atoms with Crippen LogP contribution < -0.4 is 15.0 Å². The lowest BCUT2D eigenvalue weighted by molar-refractivity contribution is -0.125. The second-order valence-electron chi connectivity index (χ2n) is 9.35. The minimum atomic E-state index is -3.71. The molecule has 2 aromatic rings. The van der Waals surface area contributed by atoms with Gasteiger partial charge in [-0.05, 0) is 55.4 Å². The third-order valence-corrected chi connectivity index (χ3v) is 8.63. The van der Waals surface area contributed by atoms with Gasteiger partial charge in [-0.2, -0.15) is 4.31 Å². The fourth-order valence-corrected chi connectivity index (χ4v) is 5.99. The zero-order chi connectivity index (χ0) is 25.0. The summed E-state index contributed by atoms with van der Waals surface area (Å²) < 4.78 is 33.5. The van der Waals surface area contributed by atoms with Gasteiger partial charge in [-0.15, -0.1) is 0 Å². The number of sulfonamides is 1. The summed E-state index contributed by atoms with van der Waals surface area (Å²) >= 11 is 0. The van der Waals surface area contributed by atoms with E-state index in [0.717, 1.165) is 24.8 Å². The number of fused-ring (bicyclic) bond motifs is 1. The van der Waals surface area contributed by atoms with E-state index in [2.05, 4.69) is 12.2 Å². The Morgan fingerprint density at radius 3 is 2.54 bits per heavy atom. The van der Waals surface area contributed by atoms with Crippen LogP contribution in [0.2, 0.25) is 0 Å². The lowest BCUT2D eigenvalue weighted by Gasteiger charge is -2.32. The molecule has 188 valence electrons. The van der Waals surface area contributed by atoms with E-state index in [0.29, 0.717) is 36.9 Å². The first kappa shape index (κ1) is 25.2. The largest absolute Gasteiger partial charge is 0.482 e. The third kappa shape index (κ3) is 5.85. The number of piperidine rings is 1. The number of rotatable bonds is 8. The molecule has 1 N–H and O–H groups in total. The van der Waals surface area contributed by atoms with E-state index in [-0.39, 0.29) is 35.9 Å². The molecule has 2 aromatic carbocycles. The van der Waals surface area contributed by atoms with Crippen molar-refractivity contribution in [1.29, 1.82) is 0 Å². The van der Waals surface area contributed by atoms with Crippen molar-refractivity contribution in [2.75, 3.05) is 31.1 Å². The van der Waals surface area contributed by atoms with Crippen LogP contribution >= 0.6 is 0 Å². The number of hydrogen-bond donors (Lipinski definition) is 1. The first-order chi connectivity index (χ1) is 16.8. The highest BCUT2D eigenvalue weighted by molar-refractivity contribution is 7.89. The number of carbonyl (C=O) groups excluding carboxylic acids is 2. The van der Waals surface area contributed by atoms with Crippen LogP contribution in [0, 0.1) is 5.92 Å². The van der Waals surface area contributed by atoms with Gasteiger partial charge in [0.05, 0.1) is 10.6 Å². The van der Waals surface area contributed by atoms with Crippen molar-refractivity contribution in [2.24, 2.45) is 5.92 Å². The fraction of sp³-hybridized carbons (Fsp3) is 0.462. The minimum Gasteiger partial charge on any atom is -0.482 e. The standard InChI is InChI=1S/C26H33N3O5S/c1-3-21(15-20-7-5-4-6-8-20)27-25(30)17-29-23-16-22(9-10-24(23)34-18-26(29)31)35(32,33)28-13-11-19(2)12-14-28/h4-10,16,19,21H,3,11-15,17-18H2,1-2H3,(H,27,30)/t21-/m1/s1. The monoisotopic (exact) mass is 499 g/mol. The van der Waals surface area contributed by atoms with Gasteiger partial charge in [0, 0.05) is 19.1 Å². The lowest BCUT2D eigenvalue weighted by atomic mass is 10.0. The second kappa shape index (κ2) is 10.8. The van der Waals surface area contributed by atoms with Crippen LogP contribution in [0.5, 0.6) is 5.75 Å². The van der Waals surface area contributed by atoms with E-state index >= 15 is 0 Å². The summed E-state index contributed by atoms with van der Waals surface area (Å²) in [4.78, 5) is 27.0. The van der Waals surface area contributed by atoms with Crippen molar-refractivity contribution < 1.29 is 22.7 Å². The summed E-state index contributed by atoms with van der Waals surface area (Å²) in [7, 11) is -3.71. The summed E-state index contributed by atoms with van der Waals surface area (Å²) in [5.74, 6) is 0.205. The summed E-state index contributed by atoms with van der Waals surface area (Å²) in [6, 6.07) is 14.4. The van der Waals surface area contributed by atoms with Gasteiger partial charge < -0.3 is 10.1 Å². The highest BCUT2D eigenvalue weighted by Crippen LogP contribution is 2.35. The van der Waals surface area contributed by atoms with Crippen LogP contribution in [0.1, 0.15) is 38.7 Å². The topological polar surface area (TPSA) is 96.0 Å². The number of hydrogen-bond acceptors (Lipinski definition) is 5. The molecule has 0 aliphatic carbocycles. The number of benzene rings is 2. The van der Waals surface area contributed by atoms with Gasteiger partial charge in [0.1, 0.15) is 12.3 Å². The molecule has 9 heteroatoms. The number of nitrogens with one attached hydrogen (secondary N) is 1. The van der Waals surface area contributed by atoms with Gasteiger partial charge in [0.15, 0.2) is 6.61 Å². The molecule has 2 aliphatic heterocycles. The molecule has 8 nitrogen and oxygen atoms in total. The van der Waals surface area contributed by atoms with Crippen LogP contribution in [0.15, 0.2) is 53.4 Å². The van der Waals surface area contributed by atoms with Crippen molar-refractivity contribution in [3.63, 3.8) is 0 Å². The molecular formula is C26H33N3O5S. The summed E-state index contributed by atoms with van der Waals surface area (Å²) in [5, 5.41) is 3.01. The molecular weight excluding hydrogens is 466 g/mol. The highest BCUT2D eigenvalue weighted by atomic mass is 32.2. The average Bonchev–Trinajstić information content (AvgIpc) is 2.86. The van der Waals surface area contributed by atoms with Crippen LogP contribution in [0.25, 0.3) is 0 Å². The quantitative estimate of drug-likeness (QED) is 0.603. The Morgan fingerprint density at radius 1 is 1.14 bits per heavy atom. The first-order valence-corrected chi connectivity index (χ1v) is 13.6. The van der Waals surface area contributed by atoms with E-state index in [1.54, 1.807) is 6.07 Å². The van der Waals surface area contributed by atoms with Gasteiger partial charge in [0.2, 0.25) is 15.9 Å². The Morgan fingerprint density at radius 2 is 1.86 bits per heavy atom. The first-order valence-electron chi connectivity index (χ1n) is 12.2. The molecule has 0 unspecified atom stereocenters. The molecule has 0 aromatic heterocycles. The number of amides is 2. The third-order valence-electron chi connectivity index (χ3n) is 6.74. The summed E-state index contributed by atoms with van der Waals surface area (Å²) in [5.41, 5.74) is 1.42. The van der Waals surface area contributed by atoms with Crippen LogP contribution in [0.3, 0.4) is 0 Å². The van der Waals surface area contributed by atoms with Gasteiger partial charge in [0.25, 0.3) is 5.91 Å². The predicted molar refractivity (Wildman–Crippen MR) is 134 cm³/mol. The molecule has 0 spiro atoms. The van der Waals surface area contributed by atoms with Gasteiger partial charge in [-0.25, -0.2) is 8.42 Å². The average molecular weight is 500 g/mol. The summed E-state index contributed by atoms with van der Waals surface area (Å²) in [6.07, 6.45) is 3.07. The zero-order valence-corrected chi connectivity index (χ0v) is 21.1. The molecule has 0 saturated carbocycles. The Balaban J connectivity index is 1.50. The molecule has 2 heterocycles. The lowest BCUT2D eigenvalue weighted by Crippen LogP contribution is -2.47. The molecule has 1 fully saturated rings. The number of nitrogens with zero attached hydrogens (tertiary/aromatic N) is 2. The Hall–Kier alpha value is -2.91. The smallest absolute Gasteiger partial charge is 0.265 e. The van der Waals surface area contributed by atoms with E-state index in [9.17, 15) is 18.0 Å². The maximum absolute atomic E-state index is 13.3.